The number of nitriles is 1. The van der Waals surface area contributed by atoms with E-state index in [-0.39, 0.29) is 5.57 Å². The maximum absolute atomic E-state index is 12.4. The second kappa shape index (κ2) is 8.34. The molecule has 0 radical (unpaired) electrons. The van der Waals surface area contributed by atoms with Gasteiger partial charge in [-0.1, -0.05) is 36.2 Å². The zero-order valence-electron chi connectivity index (χ0n) is 13.9. The van der Waals surface area contributed by atoms with Crippen LogP contribution in [0.3, 0.4) is 0 Å². The molecule has 0 aliphatic rings. The first kappa shape index (κ1) is 17.7. The molecule has 7 heteroatoms. The van der Waals surface area contributed by atoms with E-state index >= 15 is 0 Å². The zero-order chi connectivity index (χ0) is 18.4. The van der Waals surface area contributed by atoms with E-state index in [4.69, 9.17) is 5.14 Å². The third-order valence-corrected chi connectivity index (χ3v) is 4.34. The molecule has 6 nitrogen and oxygen atoms in total. The molecular weight excluding hydrogens is 346 g/mol. The van der Waals surface area contributed by atoms with Crippen LogP contribution in [0, 0.1) is 11.3 Å². The Hall–Kier alpha value is -3.08. The van der Waals surface area contributed by atoms with E-state index in [1.807, 2.05) is 42.5 Å². The minimum Gasteiger partial charge on any atom is -0.347 e. The Morgan fingerprint density at radius 3 is 3.00 bits per heavy atom. The number of nitrogens with two attached hydrogens (primary N) is 1. The second-order valence-electron chi connectivity index (χ2n) is 5.63. The van der Waals surface area contributed by atoms with Crippen LogP contribution in [0.4, 0.5) is 0 Å². The number of aromatic amines is 1. The van der Waals surface area contributed by atoms with Gasteiger partial charge in [-0.05, 0) is 29.3 Å². The van der Waals surface area contributed by atoms with E-state index in [9.17, 15) is 10.1 Å². The fraction of sp³-hybridized carbons (Fsp3) is 0.105. The molecule has 0 aliphatic heterocycles. The summed E-state index contributed by atoms with van der Waals surface area (Å²) in [6.07, 6.45) is 4.98. The molecule has 0 unspecified atom stereocenters. The molecule has 0 atom stereocenters. The van der Waals surface area contributed by atoms with Crippen molar-refractivity contribution in [3.05, 3.63) is 71.1 Å². The van der Waals surface area contributed by atoms with Crippen molar-refractivity contribution in [1.29, 1.82) is 5.26 Å². The first-order valence-corrected chi connectivity index (χ1v) is 8.97. The molecule has 1 amide bonds. The van der Waals surface area contributed by atoms with Gasteiger partial charge in [0.2, 0.25) is 0 Å². The molecule has 2 aromatic heterocycles. The summed E-state index contributed by atoms with van der Waals surface area (Å²) in [7, 11) is 0. The summed E-state index contributed by atoms with van der Waals surface area (Å²) >= 11 is 1.25. The zero-order valence-corrected chi connectivity index (χ0v) is 14.7. The van der Waals surface area contributed by atoms with Gasteiger partial charge in [-0.25, -0.2) is 4.98 Å². The normalized spacial score (nSPS) is 11.3. The maximum Gasteiger partial charge on any atom is 0.262 e. The Bertz CT molecular complexity index is 1000. The SMILES string of the molecule is N#C/C(=C\c1c[nH]c2ncccc12)C(=O)NCc1cccc(CSN)c1. The summed E-state index contributed by atoms with van der Waals surface area (Å²) in [4.78, 5) is 19.6. The first-order chi connectivity index (χ1) is 12.7. The molecule has 2 heterocycles. The van der Waals surface area contributed by atoms with Crippen LogP contribution in [0.5, 0.6) is 0 Å². The van der Waals surface area contributed by atoms with Crippen LogP contribution in [-0.4, -0.2) is 15.9 Å². The minimum absolute atomic E-state index is 0.0448. The standard InChI is InChI=1S/C19H17N5OS/c20-9-15(8-16-11-23-18-17(16)5-2-6-22-18)19(25)24-10-13-3-1-4-14(7-13)12-26-21/h1-8,11H,10,12,21H2,(H,22,23)(H,24,25)/b15-8+. The van der Waals surface area contributed by atoms with E-state index in [0.717, 1.165) is 22.1 Å². The molecule has 3 rings (SSSR count). The van der Waals surface area contributed by atoms with Gasteiger partial charge in [-0.15, -0.1) is 0 Å². The quantitative estimate of drug-likeness (QED) is 0.354. The number of hydrogen-bond donors (Lipinski definition) is 3. The van der Waals surface area contributed by atoms with Crippen molar-refractivity contribution in [1.82, 2.24) is 15.3 Å². The maximum atomic E-state index is 12.4. The Balaban J connectivity index is 1.73. The molecule has 0 spiro atoms. The van der Waals surface area contributed by atoms with Crippen molar-refractivity contribution < 1.29 is 4.79 Å². The molecule has 0 aliphatic carbocycles. The number of fused-ring (bicyclic) bond motifs is 1. The van der Waals surface area contributed by atoms with Gasteiger partial charge in [0, 0.05) is 35.6 Å². The van der Waals surface area contributed by atoms with Crippen LogP contribution in [0.25, 0.3) is 17.1 Å². The summed E-state index contributed by atoms with van der Waals surface area (Å²) in [5.74, 6) is 0.295. The number of carbonyl (C=O) groups excluding carboxylic acids is 1. The monoisotopic (exact) mass is 363 g/mol. The smallest absolute Gasteiger partial charge is 0.262 e. The minimum atomic E-state index is -0.413. The average Bonchev–Trinajstić information content (AvgIpc) is 3.08. The van der Waals surface area contributed by atoms with E-state index in [0.29, 0.717) is 17.9 Å². The van der Waals surface area contributed by atoms with Crippen molar-refractivity contribution in [2.45, 2.75) is 12.3 Å². The lowest BCUT2D eigenvalue weighted by atomic mass is 10.1. The molecule has 130 valence electrons. The van der Waals surface area contributed by atoms with Crippen LogP contribution >= 0.6 is 11.9 Å². The molecule has 1 aromatic carbocycles. The second-order valence-corrected chi connectivity index (χ2v) is 6.25. The van der Waals surface area contributed by atoms with Gasteiger partial charge in [0.1, 0.15) is 17.3 Å². The lowest BCUT2D eigenvalue weighted by Crippen LogP contribution is -2.24. The fourth-order valence-corrected chi connectivity index (χ4v) is 2.98. The Morgan fingerprint density at radius 2 is 2.19 bits per heavy atom. The lowest BCUT2D eigenvalue weighted by molar-refractivity contribution is -0.117. The largest absolute Gasteiger partial charge is 0.347 e. The average molecular weight is 363 g/mol. The van der Waals surface area contributed by atoms with E-state index in [1.165, 1.54) is 11.9 Å². The van der Waals surface area contributed by atoms with Gasteiger partial charge in [0.25, 0.3) is 5.91 Å². The molecule has 3 aromatic rings. The van der Waals surface area contributed by atoms with Gasteiger partial charge in [-0.3, -0.25) is 9.93 Å². The number of rotatable bonds is 6. The van der Waals surface area contributed by atoms with Gasteiger partial charge in [-0.2, -0.15) is 5.26 Å². The Morgan fingerprint density at radius 1 is 1.35 bits per heavy atom. The topological polar surface area (TPSA) is 108 Å². The summed E-state index contributed by atoms with van der Waals surface area (Å²) in [6.45, 7) is 0.344. The third-order valence-electron chi connectivity index (χ3n) is 3.84. The van der Waals surface area contributed by atoms with Crippen LogP contribution in [0.1, 0.15) is 16.7 Å². The summed E-state index contributed by atoms with van der Waals surface area (Å²) in [6, 6.07) is 13.5. The fourth-order valence-electron chi connectivity index (χ4n) is 2.60. The van der Waals surface area contributed by atoms with Crippen molar-refractivity contribution in [3.8, 4) is 6.07 Å². The Labute approximate surface area is 155 Å². The van der Waals surface area contributed by atoms with Crippen molar-refractivity contribution in [2.75, 3.05) is 0 Å². The predicted octanol–water partition coefficient (Wildman–Crippen LogP) is 2.89. The van der Waals surface area contributed by atoms with Gasteiger partial charge in [0.05, 0.1) is 0 Å². The van der Waals surface area contributed by atoms with Gasteiger partial charge >= 0.3 is 0 Å². The van der Waals surface area contributed by atoms with Gasteiger partial charge < -0.3 is 10.3 Å². The highest BCUT2D eigenvalue weighted by Gasteiger charge is 2.11. The van der Waals surface area contributed by atoms with E-state index in [2.05, 4.69) is 15.3 Å². The molecule has 26 heavy (non-hydrogen) atoms. The first-order valence-electron chi connectivity index (χ1n) is 7.93. The summed E-state index contributed by atoms with van der Waals surface area (Å²) < 4.78 is 0. The third kappa shape index (κ3) is 4.11. The lowest BCUT2D eigenvalue weighted by Gasteiger charge is -2.06. The molecular formula is C19H17N5OS. The summed E-state index contributed by atoms with van der Waals surface area (Å²) in [5, 5.41) is 18.5. The van der Waals surface area contributed by atoms with Gasteiger partial charge in [0.15, 0.2) is 0 Å². The number of pyridine rings is 1. The number of carbonyl (C=O) groups is 1. The summed E-state index contributed by atoms with van der Waals surface area (Å²) in [5.41, 5.74) is 3.56. The highest BCUT2D eigenvalue weighted by atomic mass is 32.2. The number of aromatic nitrogens is 2. The van der Waals surface area contributed by atoms with Crippen LogP contribution in [-0.2, 0) is 17.1 Å². The molecule has 0 fully saturated rings. The van der Waals surface area contributed by atoms with Crippen molar-refractivity contribution >= 4 is 35.0 Å². The van der Waals surface area contributed by atoms with E-state index in [1.54, 1.807) is 18.5 Å². The van der Waals surface area contributed by atoms with Crippen LogP contribution < -0.4 is 10.5 Å². The Kier molecular flexibility index (Phi) is 5.69. The van der Waals surface area contributed by atoms with Crippen molar-refractivity contribution in [3.63, 3.8) is 0 Å². The molecule has 0 saturated heterocycles. The van der Waals surface area contributed by atoms with E-state index < -0.39 is 5.91 Å². The van der Waals surface area contributed by atoms with Crippen molar-refractivity contribution in [2.24, 2.45) is 5.14 Å². The predicted molar refractivity (Wildman–Crippen MR) is 103 cm³/mol. The number of hydrogen-bond acceptors (Lipinski definition) is 5. The van der Waals surface area contributed by atoms with Crippen LogP contribution in [0.15, 0.2) is 54.4 Å². The van der Waals surface area contributed by atoms with Crippen LogP contribution in [0.2, 0.25) is 0 Å². The number of nitrogens with zero attached hydrogens (tertiary/aromatic N) is 2. The molecule has 0 bridgehead atoms. The molecule has 4 N–H and O–H groups in total. The highest BCUT2D eigenvalue weighted by Crippen LogP contribution is 2.18. The highest BCUT2D eigenvalue weighted by molar-refractivity contribution is 7.96. The number of amides is 1. The number of benzene rings is 1. The molecule has 0 saturated carbocycles. The number of nitrogens with one attached hydrogen (secondary N) is 2. The number of H-pyrrole nitrogens is 1.